The molecule has 6 N–H and O–H groups in total. The van der Waals surface area contributed by atoms with Crippen LogP contribution >= 0.6 is 0 Å². The first kappa shape index (κ1) is 24.1. The Morgan fingerprint density at radius 1 is 0.971 bits per heavy atom. The molecule has 2 heterocycles. The standard InChI is InChI=1S/C25H33N7O2S/c26-13-17-3-1-16(2-4-17)5-6-20-11-12-22(19-9-7-18(8-10-19)21-14-28-15-21)23(24(20)35(27,33)34)25-29-31-32-30-25/h7-12,16-17,21,28H,1-6,13-15,26H2,(H2,27,33,34)(H,29,30,31,32). The minimum absolute atomic E-state index is 0.0966. The first-order valence-electron chi connectivity index (χ1n) is 12.4. The molecule has 1 aliphatic carbocycles. The summed E-state index contributed by atoms with van der Waals surface area (Å²) < 4.78 is 25.9. The van der Waals surface area contributed by atoms with Gasteiger partial charge in [-0.25, -0.2) is 13.6 Å². The third kappa shape index (κ3) is 5.16. The van der Waals surface area contributed by atoms with Gasteiger partial charge >= 0.3 is 0 Å². The summed E-state index contributed by atoms with van der Waals surface area (Å²) in [6.45, 7) is 2.70. The van der Waals surface area contributed by atoms with Crippen LogP contribution in [0.15, 0.2) is 41.3 Å². The number of aryl methyl sites for hydroxylation is 1. The van der Waals surface area contributed by atoms with E-state index in [4.69, 9.17) is 10.9 Å². The summed E-state index contributed by atoms with van der Waals surface area (Å²) in [7, 11) is -4.05. The lowest BCUT2D eigenvalue weighted by atomic mass is 9.79. The number of rotatable bonds is 8. The van der Waals surface area contributed by atoms with E-state index in [1.54, 1.807) is 0 Å². The van der Waals surface area contributed by atoms with Crippen molar-refractivity contribution in [2.75, 3.05) is 19.6 Å². The summed E-state index contributed by atoms with van der Waals surface area (Å²) in [5, 5.41) is 23.5. The Morgan fingerprint density at radius 3 is 2.26 bits per heavy atom. The summed E-state index contributed by atoms with van der Waals surface area (Å²) >= 11 is 0. The second-order valence-corrected chi connectivity index (χ2v) is 11.4. The maximum atomic E-state index is 12.9. The molecule has 0 spiro atoms. The minimum Gasteiger partial charge on any atom is -0.330 e. The molecule has 0 amide bonds. The molecule has 0 bridgehead atoms. The smallest absolute Gasteiger partial charge is 0.239 e. The molecule has 10 heteroatoms. The lowest BCUT2D eigenvalue weighted by Crippen LogP contribution is -2.39. The predicted molar refractivity (Wildman–Crippen MR) is 135 cm³/mol. The number of hydrogen-bond acceptors (Lipinski definition) is 7. The van der Waals surface area contributed by atoms with E-state index in [-0.39, 0.29) is 10.7 Å². The van der Waals surface area contributed by atoms with E-state index in [0.717, 1.165) is 62.9 Å². The van der Waals surface area contributed by atoms with Gasteiger partial charge in [0, 0.05) is 19.0 Å². The molecule has 1 aromatic heterocycles. The predicted octanol–water partition coefficient (Wildman–Crippen LogP) is 2.57. The van der Waals surface area contributed by atoms with Crippen molar-refractivity contribution in [1.82, 2.24) is 25.9 Å². The van der Waals surface area contributed by atoms with E-state index < -0.39 is 10.0 Å². The van der Waals surface area contributed by atoms with Crippen LogP contribution in [0.2, 0.25) is 0 Å². The number of nitrogens with zero attached hydrogens (tertiary/aromatic N) is 3. The van der Waals surface area contributed by atoms with Gasteiger partial charge in [0.05, 0.1) is 10.5 Å². The highest BCUT2D eigenvalue weighted by Gasteiger charge is 2.28. The van der Waals surface area contributed by atoms with E-state index >= 15 is 0 Å². The quantitative estimate of drug-likeness (QED) is 0.375. The maximum absolute atomic E-state index is 12.9. The van der Waals surface area contributed by atoms with Gasteiger partial charge in [-0.2, -0.15) is 5.21 Å². The third-order valence-corrected chi connectivity index (χ3v) is 8.72. The van der Waals surface area contributed by atoms with Gasteiger partial charge in [0.25, 0.3) is 0 Å². The number of nitrogens with two attached hydrogens (primary N) is 2. The molecule has 2 aromatic carbocycles. The number of sulfonamides is 1. The zero-order valence-corrected chi connectivity index (χ0v) is 20.6. The van der Waals surface area contributed by atoms with Crippen LogP contribution in [-0.4, -0.2) is 48.7 Å². The van der Waals surface area contributed by atoms with Crippen LogP contribution in [0.25, 0.3) is 22.5 Å². The van der Waals surface area contributed by atoms with Crippen LogP contribution < -0.4 is 16.2 Å². The van der Waals surface area contributed by atoms with Crippen LogP contribution in [0.5, 0.6) is 0 Å². The van der Waals surface area contributed by atoms with Gasteiger partial charge in [-0.1, -0.05) is 49.2 Å². The fourth-order valence-corrected chi connectivity index (χ4v) is 6.47. The molecule has 1 saturated carbocycles. The molecular weight excluding hydrogens is 462 g/mol. The Balaban J connectivity index is 1.51. The summed E-state index contributed by atoms with van der Waals surface area (Å²) in [5.41, 5.74) is 9.82. The van der Waals surface area contributed by atoms with Crippen LogP contribution in [0, 0.1) is 11.8 Å². The SMILES string of the molecule is NCC1CCC(CCc2ccc(-c3ccc(C4CNC4)cc3)c(-c3nn[nH]n3)c2S(N)(=O)=O)CC1. The number of benzene rings is 2. The Labute approximate surface area is 206 Å². The summed E-state index contributed by atoms with van der Waals surface area (Å²) in [5.74, 6) is 1.92. The molecule has 0 unspecified atom stereocenters. The Morgan fingerprint density at radius 2 is 1.69 bits per heavy atom. The normalized spacial score (nSPS) is 21.1. The van der Waals surface area contributed by atoms with Crippen molar-refractivity contribution in [2.45, 2.75) is 49.3 Å². The molecule has 1 aliphatic heterocycles. The molecule has 3 aromatic rings. The molecule has 0 atom stereocenters. The topological polar surface area (TPSA) is 153 Å². The second kappa shape index (κ2) is 10.1. The zero-order valence-electron chi connectivity index (χ0n) is 19.8. The Bertz CT molecular complexity index is 1250. The van der Waals surface area contributed by atoms with Crippen molar-refractivity contribution >= 4 is 10.0 Å². The Hall–Kier alpha value is -2.66. The van der Waals surface area contributed by atoms with E-state index in [9.17, 15) is 8.42 Å². The van der Waals surface area contributed by atoms with E-state index in [1.165, 1.54) is 5.56 Å². The highest BCUT2D eigenvalue weighted by molar-refractivity contribution is 7.89. The fourth-order valence-electron chi connectivity index (χ4n) is 5.45. The van der Waals surface area contributed by atoms with Crippen LogP contribution in [0.1, 0.15) is 49.1 Å². The third-order valence-electron chi connectivity index (χ3n) is 7.69. The number of hydrogen-bond donors (Lipinski definition) is 4. The van der Waals surface area contributed by atoms with Gasteiger partial charge < -0.3 is 11.1 Å². The van der Waals surface area contributed by atoms with Gasteiger partial charge in [-0.15, -0.1) is 10.2 Å². The summed E-state index contributed by atoms with van der Waals surface area (Å²) in [6.07, 6.45) is 6.08. The number of aromatic amines is 1. The molecule has 5 rings (SSSR count). The fraction of sp³-hybridized carbons (Fsp3) is 0.480. The van der Waals surface area contributed by atoms with Gasteiger partial charge in [0.1, 0.15) is 0 Å². The largest absolute Gasteiger partial charge is 0.330 e. The van der Waals surface area contributed by atoms with Crippen LogP contribution in [0.4, 0.5) is 0 Å². The average Bonchev–Trinajstić information content (AvgIpc) is 3.36. The van der Waals surface area contributed by atoms with Crippen LogP contribution in [0.3, 0.4) is 0 Å². The van der Waals surface area contributed by atoms with Crippen LogP contribution in [-0.2, 0) is 16.4 Å². The van der Waals surface area contributed by atoms with Crippen molar-refractivity contribution in [2.24, 2.45) is 22.7 Å². The number of primary sulfonamides is 1. The lowest BCUT2D eigenvalue weighted by Gasteiger charge is -2.28. The first-order chi connectivity index (χ1) is 16.9. The highest BCUT2D eigenvalue weighted by Crippen LogP contribution is 2.39. The maximum Gasteiger partial charge on any atom is 0.239 e. The Kier molecular flexibility index (Phi) is 6.97. The van der Waals surface area contributed by atoms with Crippen molar-refractivity contribution < 1.29 is 8.42 Å². The van der Waals surface area contributed by atoms with Crippen molar-refractivity contribution in [3.8, 4) is 22.5 Å². The molecule has 9 nitrogen and oxygen atoms in total. The summed E-state index contributed by atoms with van der Waals surface area (Å²) in [6, 6.07) is 12.1. The summed E-state index contributed by atoms with van der Waals surface area (Å²) in [4.78, 5) is 0.0966. The van der Waals surface area contributed by atoms with E-state index in [0.29, 0.717) is 35.3 Å². The highest BCUT2D eigenvalue weighted by atomic mass is 32.2. The number of tetrazole rings is 1. The molecule has 35 heavy (non-hydrogen) atoms. The lowest BCUT2D eigenvalue weighted by molar-refractivity contribution is 0.268. The zero-order chi connectivity index (χ0) is 24.4. The molecule has 1 saturated heterocycles. The molecule has 0 radical (unpaired) electrons. The van der Waals surface area contributed by atoms with Gasteiger partial charge in [0.2, 0.25) is 15.8 Å². The number of nitrogens with one attached hydrogen (secondary N) is 2. The number of H-pyrrole nitrogens is 1. The van der Waals surface area contributed by atoms with Gasteiger partial charge in [0.15, 0.2) is 0 Å². The van der Waals surface area contributed by atoms with Gasteiger partial charge in [-0.05, 0) is 71.5 Å². The monoisotopic (exact) mass is 495 g/mol. The van der Waals surface area contributed by atoms with E-state index in [2.05, 4.69) is 38.1 Å². The van der Waals surface area contributed by atoms with Crippen molar-refractivity contribution in [1.29, 1.82) is 0 Å². The molecule has 2 fully saturated rings. The average molecular weight is 496 g/mol. The van der Waals surface area contributed by atoms with Crippen molar-refractivity contribution in [3.63, 3.8) is 0 Å². The van der Waals surface area contributed by atoms with Crippen molar-refractivity contribution in [3.05, 3.63) is 47.5 Å². The first-order valence-corrected chi connectivity index (χ1v) is 13.9. The minimum atomic E-state index is -4.05. The van der Waals surface area contributed by atoms with E-state index in [1.807, 2.05) is 24.3 Å². The second-order valence-electron chi connectivity index (χ2n) is 9.90. The number of aromatic nitrogens is 4. The molecule has 186 valence electrons. The molecule has 2 aliphatic rings. The molecular formula is C25H33N7O2S. The van der Waals surface area contributed by atoms with Gasteiger partial charge in [-0.3, -0.25) is 0 Å².